The molecule has 0 fully saturated rings. The number of methoxy groups -OCH3 is 1. The second-order valence-corrected chi connectivity index (χ2v) is 6.55. The van der Waals surface area contributed by atoms with Gasteiger partial charge in [0.2, 0.25) is 5.88 Å². The molecule has 0 radical (unpaired) electrons. The number of hydrogen-bond donors (Lipinski definition) is 1. The topological polar surface area (TPSA) is 85.4 Å². The van der Waals surface area contributed by atoms with Crippen LogP contribution in [0.25, 0.3) is 10.9 Å². The molecule has 1 N–H and O–H groups in total. The van der Waals surface area contributed by atoms with Crippen molar-refractivity contribution in [2.45, 2.75) is 13.5 Å². The molecule has 0 atom stereocenters. The lowest BCUT2D eigenvalue weighted by Crippen LogP contribution is -2.07. The second-order valence-electron chi connectivity index (χ2n) is 5.64. The van der Waals surface area contributed by atoms with Crippen molar-refractivity contribution in [1.82, 2.24) is 4.57 Å². The maximum absolute atomic E-state index is 12.0. The van der Waals surface area contributed by atoms with Gasteiger partial charge in [-0.05, 0) is 49.4 Å². The molecule has 0 aliphatic heterocycles. The van der Waals surface area contributed by atoms with Crippen LogP contribution in [0.5, 0.6) is 17.4 Å². The van der Waals surface area contributed by atoms with Crippen molar-refractivity contribution >= 4 is 38.4 Å². The highest BCUT2D eigenvalue weighted by molar-refractivity contribution is 9.10. The minimum Gasteiger partial charge on any atom is -0.497 e. The Balaban J connectivity index is 1.81. The van der Waals surface area contributed by atoms with Crippen LogP contribution in [-0.2, 0) is 11.3 Å². The Hall–Kier alpha value is -2.87. The molecule has 0 unspecified atom stereocenters. The van der Waals surface area contributed by atoms with E-state index in [4.69, 9.17) is 9.47 Å². The zero-order valence-electron chi connectivity index (χ0n) is 14.8. The highest BCUT2D eigenvalue weighted by atomic mass is 79.9. The Bertz CT molecular complexity index is 996. The lowest BCUT2D eigenvalue weighted by atomic mass is 10.2. The minimum atomic E-state index is -0.558. The first-order valence-corrected chi connectivity index (χ1v) is 9.05. The van der Waals surface area contributed by atoms with Crippen LogP contribution in [0.2, 0.25) is 0 Å². The summed E-state index contributed by atoms with van der Waals surface area (Å²) < 4.78 is 13.2. The zero-order chi connectivity index (χ0) is 19.4. The molecular weight excluding hydrogens is 414 g/mol. The molecule has 3 aromatic rings. The summed E-state index contributed by atoms with van der Waals surface area (Å²) >= 11 is 3.33. The number of carbonyl (C=O) groups is 1. The van der Waals surface area contributed by atoms with Gasteiger partial charge in [-0.1, -0.05) is 15.9 Å². The summed E-state index contributed by atoms with van der Waals surface area (Å²) in [4.78, 5) is 12.0. The van der Waals surface area contributed by atoms with Crippen molar-refractivity contribution in [2.24, 2.45) is 10.2 Å². The van der Waals surface area contributed by atoms with Gasteiger partial charge in [-0.2, -0.15) is 0 Å². The highest BCUT2D eigenvalue weighted by Crippen LogP contribution is 2.40. The largest absolute Gasteiger partial charge is 0.497 e. The molecule has 0 bridgehead atoms. The van der Waals surface area contributed by atoms with Crippen molar-refractivity contribution in [3.63, 3.8) is 0 Å². The molecule has 1 amide bonds. The van der Waals surface area contributed by atoms with Gasteiger partial charge in [0.25, 0.3) is 0 Å². The Morgan fingerprint density at radius 2 is 1.89 bits per heavy atom. The quantitative estimate of drug-likeness (QED) is 0.566. The Labute approximate surface area is 164 Å². The molecular formula is C19H18BrN3O4. The molecule has 140 valence electrons. The molecule has 0 spiro atoms. The van der Waals surface area contributed by atoms with Crippen molar-refractivity contribution in [3.05, 3.63) is 46.9 Å². The van der Waals surface area contributed by atoms with Crippen molar-refractivity contribution in [2.75, 3.05) is 13.7 Å². The molecule has 0 saturated heterocycles. The van der Waals surface area contributed by atoms with E-state index in [1.165, 1.54) is 0 Å². The van der Waals surface area contributed by atoms with Crippen molar-refractivity contribution in [1.29, 1.82) is 0 Å². The number of hydrogen-bond acceptors (Lipinski definition) is 5. The van der Waals surface area contributed by atoms with Crippen LogP contribution in [0.4, 0.5) is 5.69 Å². The number of rotatable bonds is 6. The monoisotopic (exact) mass is 431 g/mol. The molecule has 0 saturated carbocycles. The number of ether oxygens (including phenoxy) is 2. The van der Waals surface area contributed by atoms with E-state index in [0.717, 1.165) is 9.99 Å². The maximum Gasteiger partial charge on any atom is 0.302 e. The Morgan fingerprint density at radius 1 is 1.19 bits per heavy atom. The summed E-state index contributed by atoms with van der Waals surface area (Å²) in [5, 5.41) is 18.7. The van der Waals surface area contributed by atoms with E-state index in [2.05, 4.69) is 26.2 Å². The third-order valence-corrected chi connectivity index (χ3v) is 4.50. The standard InChI is InChI=1S/C19H18BrN3O4/c1-3-23-16-9-8-14(26-2)10-15(16)18(19(23)25)22-21-17(24)11-27-13-6-4-12(20)5-7-13/h4-10,25H,3,11H2,1-2H3. The van der Waals surface area contributed by atoms with E-state index in [9.17, 15) is 9.90 Å². The summed E-state index contributed by atoms with van der Waals surface area (Å²) in [7, 11) is 1.56. The fourth-order valence-electron chi connectivity index (χ4n) is 2.66. The van der Waals surface area contributed by atoms with Crippen molar-refractivity contribution in [3.8, 4) is 17.4 Å². The van der Waals surface area contributed by atoms with Gasteiger partial charge in [0, 0.05) is 16.4 Å². The van der Waals surface area contributed by atoms with E-state index >= 15 is 0 Å². The number of azo groups is 1. The number of aromatic nitrogens is 1. The number of fused-ring (bicyclic) bond motifs is 1. The lowest BCUT2D eigenvalue weighted by Gasteiger charge is -2.02. The third-order valence-electron chi connectivity index (χ3n) is 3.97. The maximum atomic E-state index is 12.0. The summed E-state index contributed by atoms with van der Waals surface area (Å²) in [5.41, 5.74) is 1.01. The van der Waals surface area contributed by atoms with Crippen LogP contribution in [0.1, 0.15) is 6.92 Å². The van der Waals surface area contributed by atoms with Gasteiger partial charge in [0.15, 0.2) is 12.3 Å². The summed E-state index contributed by atoms with van der Waals surface area (Å²) in [6, 6.07) is 12.5. The van der Waals surface area contributed by atoms with Gasteiger partial charge in [-0.25, -0.2) is 0 Å². The molecule has 2 aromatic carbocycles. The number of aromatic hydroxyl groups is 1. The van der Waals surface area contributed by atoms with Crippen LogP contribution in [-0.4, -0.2) is 29.3 Å². The Morgan fingerprint density at radius 3 is 2.56 bits per heavy atom. The van der Waals surface area contributed by atoms with Crippen molar-refractivity contribution < 1.29 is 19.4 Å². The van der Waals surface area contributed by atoms with Gasteiger partial charge in [-0.3, -0.25) is 4.79 Å². The van der Waals surface area contributed by atoms with E-state index in [0.29, 0.717) is 23.4 Å². The average molecular weight is 432 g/mol. The predicted molar refractivity (Wildman–Crippen MR) is 105 cm³/mol. The summed E-state index contributed by atoms with van der Waals surface area (Å²) in [6.07, 6.45) is 0. The minimum absolute atomic E-state index is 0.0499. The number of carbonyl (C=O) groups excluding carboxylic acids is 1. The van der Waals surface area contributed by atoms with Crippen LogP contribution in [0.3, 0.4) is 0 Å². The fourth-order valence-corrected chi connectivity index (χ4v) is 2.92. The van der Waals surface area contributed by atoms with E-state index in [1.807, 2.05) is 25.1 Å². The zero-order valence-corrected chi connectivity index (χ0v) is 16.4. The van der Waals surface area contributed by atoms with Gasteiger partial charge < -0.3 is 19.1 Å². The smallest absolute Gasteiger partial charge is 0.302 e. The van der Waals surface area contributed by atoms with Gasteiger partial charge >= 0.3 is 5.91 Å². The third kappa shape index (κ3) is 4.11. The van der Waals surface area contributed by atoms with Crippen LogP contribution >= 0.6 is 15.9 Å². The summed E-state index contributed by atoms with van der Waals surface area (Å²) in [5.74, 6) is 0.567. The van der Waals surface area contributed by atoms with E-state index in [-0.39, 0.29) is 18.2 Å². The normalized spacial score (nSPS) is 11.2. The molecule has 1 heterocycles. The number of aryl methyl sites for hydroxylation is 1. The predicted octanol–water partition coefficient (Wildman–Crippen LogP) is 4.83. The molecule has 8 heteroatoms. The lowest BCUT2D eigenvalue weighted by molar-refractivity contribution is -0.120. The first-order chi connectivity index (χ1) is 13.0. The summed E-state index contributed by atoms with van der Waals surface area (Å²) in [6.45, 7) is 2.20. The number of nitrogens with zero attached hydrogens (tertiary/aromatic N) is 3. The SMILES string of the molecule is CCn1c(O)c(N=NC(=O)COc2ccc(Br)cc2)c2cc(OC)ccc21. The molecule has 7 nitrogen and oxygen atoms in total. The van der Waals surface area contributed by atoms with Crippen LogP contribution in [0.15, 0.2) is 57.2 Å². The number of amides is 1. The Kier molecular flexibility index (Phi) is 5.75. The highest BCUT2D eigenvalue weighted by Gasteiger charge is 2.17. The molecule has 0 aliphatic carbocycles. The van der Waals surface area contributed by atoms with E-state index < -0.39 is 5.91 Å². The van der Waals surface area contributed by atoms with Crippen LogP contribution in [0, 0.1) is 0 Å². The molecule has 27 heavy (non-hydrogen) atoms. The fraction of sp³-hybridized carbons (Fsp3) is 0.211. The number of benzene rings is 2. The first kappa shape index (κ1) is 18.9. The van der Waals surface area contributed by atoms with Crippen LogP contribution < -0.4 is 9.47 Å². The molecule has 0 aliphatic rings. The first-order valence-electron chi connectivity index (χ1n) is 8.25. The van der Waals surface area contributed by atoms with Gasteiger partial charge in [0.1, 0.15) is 11.5 Å². The average Bonchev–Trinajstić information content (AvgIpc) is 2.95. The number of halogens is 1. The molecule has 3 rings (SSSR count). The van der Waals surface area contributed by atoms with Gasteiger partial charge in [0.05, 0.1) is 12.6 Å². The van der Waals surface area contributed by atoms with E-state index in [1.54, 1.807) is 35.9 Å². The second kappa shape index (κ2) is 8.22. The van der Waals surface area contributed by atoms with Gasteiger partial charge in [-0.15, -0.1) is 10.2 Å². The molecule has 1 aromatic heterocycles.